The van der Waals surface area contributed by atoms with Crippen molar-refractivity contribution >= 4 is 5.91 Å². The highest BCUT2D eigenvalue weighted by Gasteiger charge is 2.05. The summed E-state index contributed by atoms with van der Waals surface area (Å²) in [5.41, 5.74) is 0. The molecule has 0 bridgehead atoms. The molecule has 0 unspecified atom stereocenters. The Morgan fingerprint density at radius 3 is 2.50 bits per heavy atom. The van der Waals surface area contributed by atoms with Gasteiger partial charge in [0.15, 0.2) is 0 Å². The number of nitrogens with zero attached hydrogens (tertiary/aromatic N) is 1. The molecule has 3 nitrogen and oxygen atoms in total. The maximum Gasteiger partial charge on any atom is 0.233 e. The minimum atomic E-state index is 0.105. The standard InChI is InChI=1S/C9H20N2O/c1-4-6-7-11(5-2)8-9(12)10-3/h4-8H2,1-3H3,(H,10,12). The molecule has 0 atom stereocenters. The Balaban J connectivity index is 3.59. The molecule has 0 aliphatic heterocycles. The topological polar surface area (TPSA) is 32.3 Å². The normalized spacial score (nSPS) is 10.3. The van der Waals surface area contributed by atoms with Crippen molar-refractivity contribution in [3.05, 3.63) is 0 Å². The average Bonchev–Trinajstić information content (AvgIpc) is 2.11. The molecule has 0 saturated carbocycles. The smallest absolute Gasteiger partial charge is 0.233 e. The Bertz CT molecular complexity index is 126. The van der Waals surface area contributed by atoms with Gasteiger partial charge in [0.1, 0.15) is 0 Å². The van der Waals surface area contributed by atoms with E-state index < -0.39 is 0 Å². The first-order chi connectivity index (χ1) is 5.74. The molecule has 0 aliphatic rings. The molecular weight excluding hydrogens is 152 g/mol. The monoisotopic (exact) mass is 172 g/mol. The predicted molar refractivity (Wildman–Crippen MR) is 51.1 cm³/mol. The highest BCUT2D eigenvalue weighted by atomic mass is 16.1. The molecule has 1 N–H and O–H groups in total. The fourth-order valence-corrected chi connectivity index (χ4v) is 1.01. The molecule has 0 aromatic carbocycles. The van der Waals surface area contributed by atoms with Gasteiger partial charge in [0.25, 0.3) is 0 Å². The number of hydrogen-bond donors (Lipinski definition) is 1. The summed E-state index contributed by atoms with van der Waals surface area (Å²) in [6.45, 7) is 6.76. The van der Waals surface area contributed by atoms with Crippen LogP contribution in [0.5, 0.6) is 0 Å². The SMILES string of the molecule is CCCCN(CC)CC(=O)NC. The third kappa shape index (κ3) is 5.13. The van der Waals surface area contributed by atoms with E-state index in [1.807, 2.05) is 0 Å². The number of carbonyl (C=O) groups is 1. The number of unbranched alkanes of at least 4 members (excludes halogenated alkanes) is 1. The molecule has 0 rings (SSSR count). The van der Waals surface area contributed by atoms with Crippen molar-refractivity contribution in [3.8, 4) is 0 Å². The molecule has 0 aromatic rings. The summed E-state index contributed by atoms with van der Waals surface area (Å²) in [7, 11) is 1.68. The van der Waals surface area contributed by atoms with E-state index in [1.165, 1.54) is 12.8 Å². The molecule has 72 valence electrons. The zero-order chi connectivity index (χ0) is 9.40. The highest BCUT2D eigenvalue weighted by Crippen LogP contribution is 1.93. The van der Waals surface area contributed by atoms with Crippen LogP contribution in [0.3, 0.4) is 0 Å². The second-order valence-corrected chi connectivity index (χ2v) is 2.90. The molecule has 0 heterocycles. The van der Waals surface area contributed by atoms with E-state index in [4.69, 9.17) is 0 Å². The molecule has 0 aromatic heterocycles. The summed E-state index contributed by atoms with van der Waals surface area (Å²) in [4.78, 5) is 13.1. The van der Waals surface area contributed by atoms with E-state index in [2.05, 4.69) is 24.1 Å². The van der Waals surface area contributed by atoms with Crippen LogP contribution in [0.4, 0.5) is 0 Å². The van der Waals surface area contributed by atoms with E-state index in [0.29, 0.717) is 6.54 Å². The van der Waals surface area contributed by atoms with Crippen molar-refractivity contribution < 1.29 is 4.79 Å². The van der Waals surface area contributed by atoms with Gasteiger partial charge in [-0.3, -0.25) is 9.69 Å². The van der Waals surface area contributed by atoms with E-state index in [-0.39, 0.29) is 5.91 Å². The summed E-state index contributed by atoms with van der Waals surface area (Å²) in [5.74, 6) is 0.105. The quantitative estimate of drug-likeness (QED) is 0.644. The van der Waals surface area contributed by atoms with Crippen LogP contribution >= 0.6 is 0 Å². The minimum absolute atomic E-state index is 0.105. The number of hydrogen-bond acceptors (Lipinski definition) is 2. The van der Waals surface area contributed by atoms with Crippen LogP contribution in [0.2, 0.25) is 0 Å². The van der Waals surface area contributed by atoms with Gasteiger partial charge >= 0.3 is 0 Å². The van der Waals surface area contributed by atoms with E-state index >= 15 is 0 Å². The maximum atomic E-state index is 11.0. The van der Waals surface area contributed by atoms with Crippen molar-refractivity contribution in [1.29, 1.82) is 0 Å². The van der Waals surface area contributed by atoms with Gasteiger partial charge in [-0.15, -0.1) is 0 Å². The predicted octanol–water partition coefficient (Wildman–Crippen LogP) is 0.854. The lowest BCUT2D eigenvalue weighted by Gasteiger charge is -2.18. The Morgan fingerprint density at radius 1 is 1.42 bits per heavy atom. The Morgan fingerprint density at radius 2 is 2.08 bits per heavy atom. The van der Waals surface area contributed by atoms with Gasteiger partial charge in [0.2, 0.25) is 5.91 Å². The molecule has 12 heavy (non-hydrogen) atoms. The fraction of sp³-hybridized carbons (Fsp3) is 0.889. The van der Waals surface area contributed by atoms with Gasteiger partial charge in [-0.2, -0.15) is 0 Å². The second-order valence-electron chi connectivity index (χ2n) is 2.90. The number of likely N-dealkylation sites (N-methyl/N-ethyl adjacent to an activating group) is 2. The molecule has 0 saturated heterocycles. The highest BCUT2D eigenvalue weighted by molar-refractivity contribution is 5.77. The van der Waals surface area contributed by atoms with E-state index in [9.17, 15) is 4.79 Å². The molecule has 0 radical (unpaired) electrons. The van der Waals surface area contributed by atoms with Gasteiger partial charge in [-0.1, -0.05) is 20.3 Å². The summed E-state index contributed by atoms with van der Waals surface area (Å²) >= 11 is 0. The molecule has 1 amide bonds. The van der Waals surface area contributed by atoms with Crippen LogP contribution in [0, 0.1) is 0 Å². The first-order valence-electron chi connectivity index (χ1n) is 4.67. The van der Waals surface area contributed by atoms with Crippen LogP contribution in [-0.4, -0.2) is 37.5 Å². The van der Waals surface area contributed by atoms with Crippen LogP contribution < -0.4 is 5.32 Å². The van der Waals surface area contributed by atoms with Gasteiger partial charge in [-0.05, 0) is 19.5 Å². The Hall–Kier alpha value is -0.570. The summed E-state index contributed by atoms with van der Waals surface area (Å²) in [6, 6.07) is 0. The van der Waals surface area contributed by atoms with Crippen molar-refractivity contribution in [2.45, 2.75) is 26.7 Å². The van der Waals surface area contributed by atoms with E-state index in [0.717, 1.165) is 13.1 Å². The lowest BCUT2D eigenvalue weighted by atomic mass is 10.3. The lowest BCUT2D eigenvalue weighted by molar-refractivity contribution is -0.121. The van der Waals surface area contributed by atoms with Gasteiger partial charge in [-0.25, -0.2) is 0 Å². The zero-order valence-corrected chi connectivity index (χ0v) is 8.39. The van der Waals surface area contributed by atoms with Crippen molar-refractivity contribution in [1.82, 2.24) is 10.2 Å². The summed E-state index contributed by atoms with van der Waals surface area (Å²) < 4.78 is 0. The number of amides is 1. The molecule has 0 fully saturated rings. The first kappa shape index (κ1) is 11.4. The van der Waals surface area contributed by atoms with Gasteiger partial charge in [0, 0.05) is 7.05 Å². The fourth-order valence-electron chi connectivity index (χ4n) is 1.01. The number of carbonyl (C=O) groups excluding carboxylic acids is 1. The zero-order valence-electron chi connectivity index (χ0n) is 8.39. The molecular formula is C9H20N2O. The minimum Gasteiger partial charge on any atom is -0.358 e. The van der Waals surface area contributed by atoms with Crippen molar-refractivity contribution in [2.24, 2.45) is 0 Å². The van der Waals surface area contributed by atoms with Crippen LogP contribution in [0.25, 0.3) is 0 Å². The average molecular weight is 172 g/mol. The van der Waals surface area contributed by atoms with Crippen LogP contribution in [-0.2, 0) is 4.79 Å². The number of rotatable bonds is 6. The van der Waals surface area contributed by atoms with Crippen LogP contribution in [0.1, 0.15) is 26.7 Å². The summed E-state index contributed by atoms with van der Waals surface area (Å²) in [6.07, 6.45) is 2.36. The molecule has 0 aliphatic carbocycles. The molecule has 0 spiro atoms. The van der Waals surface area contributed by atoms with Crippen molar-refractivity contribution in [2.75, 3.05) is 26.7 Å². The van der Waals surface area contributed by atoms with Gasteiger partial charge in [0.05, 0.1) is 6.54 Å². The number of nitrogens with one attached hydrogen (secondary N) is 1. The lowest BCUT2D eigenvalue weighted by Crippen LogP contribution is -2.35. The van der Waals surface area contributed by atoms with Crippen LogP contribution in [0.15, 0.2) is 0 Å². The largest absolute Gasteiger partial charge is 0.358 e. The first-order valence-corrected chi connectivity index (χ1v) is 4.67. The second kappa shape index (κ2) is 7.10. The van der Waals surface area contributed by atoms with Crippen molar-refractivity contribution in [3.63, 3.8) is 0 Å². The maximum absolute atomic E-state index is 11.0. The molecule has 3 heteroatoms. The third-order valence-electron chi connectivity index (χ3n) is 1.92. The Labute approximate surface area is 75.1 Å². The third-order valence-corrected chi connectivity index (χ3v) is 1.92. The Kier molecular flexibility index (Phi) is 6.76. The summed E-state index contributed by atoms with van der Waals surface area (Å²) in [5, 5.41) is 2.63. The van der Waals surface area contributed by atoms with Gasteiger partial charge < -0.3 is 5.32 Å². The van der Waals surface area contributed by atoms with E-state index in [1.54, 1.807) is 7.05 Å².